The van der Waals surface area contributed by atoms with Crippen LogP contribution in [0.4, 0.5) is 0 Å². The van der Waals surface area contributed by atoms with E-state index in [-0.39, 0.29) is 24.0 Å². The lowest BCUT2D eigenvalue weighted by atomic mass is 10.1. The SMILES string of the molecule is CN=C(NCCCCOCCOC)N(C)CC1CCOC1.I. The summed E-state index contributed by atoms with van der Waals surface area (Å²) in [5.41, 5.74) is 0. The van der Waals surface area contributed by atoms with E-state index in [9.17, 15) is 0 Å². The van der Waals surface area contributed by atoms with Gasteiger partial charge in [-0.3, -0.25) is 4.99 Å². The number of guanidine groups is 1. The quantitative estimate of drug-likeness (QED) is 0.248. The van der Waals surface area contributed by atoms with Crippen LogP contribution in [0.2, 0.25) is 0 Å². The van der Waals surface area contributed by atoms with Crippen molar-refractivity contribution < 1.29 is 14.2 Å². The highest BCUT2D eigenvalue weighted by atomic mass is 127. The third-order valence-corrected chi connectivity index (χ3v) is 3.56. The van der Waals surface area contributed by atoms with Crippen LogP contribution in [-0.2, 0) is 14.2 Å². The van der Waals surface area contributed by atoms with Crippen LogP contribution in [0.3, 0.4) is 0 Å². The van der Waals surface area contributed by atoms with Gasteiger partial charge in [0.15, 0.2) is 5.96 Å². The summed E-state index contributed by atoms with van der Waals surface area (Å²) in [6, 6.07) is 0. The summed E-state index contributed by atoms with van der Waals surface area (Å²) in [6.07, 6.45) is 3.28. The second-order valence-corrected chi connectivity index (χ2v) is 5.40. The molecule has 0 aliphatic carbocycles. The highest BCUT2D eigenvalue weighted by Gasteiger charge is 2.18. The van der Waals surface area contributed by atoms with Crippen molar-refractivity contribution >= 4 is 29.9 Å². The average molecular weight is 429 g/mol. The molecule has 1 aliphatic rings. The van der Waals surface area contributed by atoms with Gasteiger partial charge in [-0.05, 0) is 19.3 Å². The van der Waals surface area contributed by atoms with Crippen LogP contribution in [0.15, 0.2) is 4.99 Å². The van der Waals surface area contributed by atoms with Gasteiger partial charge in [-0.25, -0.2) is 0 Å². The molecule has 0 saturated carbocycles. The molecule has 0 aromatic rings. The molecule has 1 N–H and O–H groups in total. The molecule has 1 fully saturated rings. The van der Waals surface area contributed by atoms with Gasteiger partial charge >= 0.3 is 0 Å². The maximum atomic E-state index is 5.44. The molecule has 7 heteroatoms. The van der Waals surface area contributed by atoms with E-state index in [2.05, 4.69) is 22.3 Å². The van der Waals surface area contributed by atoms with Gasteiger partial charge in [0.1, 0.15) is 0 Å². The van der Waals surface area contributed by atoms with E-state index in [1.807, 2.05) is 7.05 Å². The molecule has 1 aliphatic heterocycles. The van der Waals surface area contributed by atoms with Gasteiger partial charge in [0.2, 0.25) is 0 Å². The summed E-state index contributed by atoms with van der Waals surface area (Å²) >= 11 is 0. The Bertz CT molecular complexity index is 287. The topological polar surface area (TPSA) is 55.3 Å². The minimum absolute atomic E-state index is 0. The van der Waals surface area contributed by atoms with E-state index in [0.717, 1.165) is 58.1 Å². The number of halogens is 1. The van der Waals surface area contributed by atoms with E-state index >= 15 is 0 Å². The Kier molecular flexibility index (Phi) is 14.4. The minimum Gasteiger partial charge on any atom is -0.382 e. The molecule has 0 aromatic carbocycles. The van der Waals surface area contributed by atoms with E-state index < -0.39 is 0 Å². The zero-order valence-corrected chi connectivity index (χ0v) is 16.5. The summed E-state index contributed by atoms with van der Waals surface area (Å²) in [7, 11) is 5.60. The summed E-state index contributed by atoms with van der Waals surface area (Å²) in [4.78, 5) is 6.52. The minimum atomic E-state index is 0. The van der Waals surface area contributed by atoms with Crippen molar-refractivity contribution in [3.05, 3.63) is 0 Å². The molecule has 0 amide bonds. The van der Waals surface area contributed by atoms with Gasteiger partial charge in [-0.2, -0.15) is 0 Å². The third-order valence-electron chi connectivity index (χ3n) is 3.56. The van der Waals surface area contributed by atoms with Crippen molar-refractivity contribution in [3.8, 4) is 0 Å². The second-order valence-electron chi connectivity index (χ2n) is 5.40. The number of nitrogens with one attached hydrogen (secondary N) is 1. The second kappa shape index (κ2) is 14.5. The molecule has 1 heterocycles. The lowest BCUT2D eigenvalue weighted by Gasteiger charge is -2.24. The van der Waals surface area contributed by atoms with Crippen molar-refractivity contribution in [1.29, 1.82) is 0 Å². The first kappa shape index (κ1) is 21.9. The van der Waals surface area contributed by atoms with E-state index in [1.165, 1.54) is 0 Å². The van der Waals surface area contributed by atoms with Crippen molar-refractivity contribution in [3.63, 3.8) is 0 Å². The summed E-state index contributed by atoms with van der Waals surface area (Å²) in [6.45, 7) is 5.83. The largest absolute Gasteiger partial charge is 0.382 e. The molecule has 22 heavy (non-hydrogen) atoms. The molecule has 1 saturated heterocycles. The number of hydrogen-bond acceptors (Lipinski definition) is 4. The Morgan fingerprint density at radius 1 is 1.32 bits per heavy atom. The van der Waals surface area contributed by atoms with Crippen molar-refractivity contribution in [2.24, 2.45) is 10.9 Å². The Morgan fingerprint density at radius 3 is 2.77 bits per heavy atom. The maximum absolute atomic E-state index is 5.44. The smallest absolute Gasteiger partial charge is 0.193 e. The first-order chi connectivity index (χ1) is 10.3. The van der Waals surface area contributed by atoms with Gasteiger partial charge in [-0.15, -0.1) is 24.0 Å². The van der Waals surface area contributed by atoms with E-state index in [0.29, 0.717) is 19.1 Å². The molecule has 132 valence electrons. The highest BCUT2D eigenvalue weighted by molar-refractivity contribution is 14.0. The normalized spacial score (nSPS) is 18.1. The number of nitrogens with zero attached hydrogens (tertiary/aromatic N) is 2. The summed E-state index contributed by atoms with van der Waals surface area (Å²) < 4.78 is 15.8. The van der Waals surface area contributed by atoms with Crippen LogP contribution in [0, 0.1) is 5.92 Å². The van der Waals surface area contributed by atoms with Crippen LogP contribution >= 0.6 is 24.0 Å². The number of hydrogen-bond donors (Lipinski definition) is 1. The Hall–Kier alpha value is -0.120. The average Bonchev–Trinajstić information content (AvgIpc) is 2.98. The number of rotatable bonds is 10. The first-order valence-corrected chi connectivity index (χ1v) is 7.84. The Morgan fingerprint density at radius 2 is 2.14 bits per heavy atom. The molecular formula is C15H32IN3O3. The van der Waals surface area contributed by atoms with Gasteiger partial charge in [-0.1, -0.05) is 0 Å². The molecule has 0 aromatic heterocycles. The van der Waals surface area contributed by atoms with Crippen molar-refractivity contribution in [2.45, 2.75) is 19.3 Å². The van der Waals surface area contributed by atoms with Crippen molar-refractivity contribution in [2.75, 3.05) is 67.3 Å². The number of methoxy groups -OCH3 is 1. The molecular weight excluding hydrogens is 397 g/mol. The van der Waals surface area contributed by atoms with Crippen molar-refractivity contribution in [1.82, 2.24) is 10.2 Å². The van der Waals surface area contributed by atoms with E-state index in [4.69, 9.17) is 14.2 Å². The molecule has 1 unspecified atom stereocenters. The van der Waals surface area contributed by atoms with Crippen LogP contribution in [-0.4, -0.2) is 78.2 Å². The fourth-order valence-corrected chi connectivity index (χ4v) is 2.36. The third kappa shape index (κ3) is 9.81. The van der Waals surface area contributed by atoms with Crippen LogP contribution in [0.5, 0.6) is 0 Å². The Balaban J connectivity index is 0.00000441. The summed E-state index contributed by atoms with van der Waals surface area (Å²) in [5, 5.41) is 3.40. The van der Waals surface area contributed by atoms with Gasteiger partial charge in [0.05, 0.1) is 19.8 Å². The predicted molar refractivity (Wildman–Crippen MR) is 100 cm³/mol. The molecule has 1 atom stereocenters. The number of aliphatic imine (C=N–C) groups is 1. The van der Waals surface area contributed by atoms with Crippen LogP contribution in [0.25, 0.3) is 0 Å². The molecule has 6 nitrogen and oxygen atoms in total. The van der Waals surface area contributed by atoms with Crippen LogP contribution < -0.4 is 5.32 Å². The lowest BCUT2D eigenvalue weighted by Crippen LogP contribution is -2.41. The summed E-state index contributed by atoms with van der Waals surface area (Å²) in [5.74, 6) is 1.59. The fraction of sp³-hybridized carbons (Fsp3) is 0.933. The zero-order chi connectivity index (χ0) is 15.3. The number of ether oxygens (including phenoxy) is 3. The standard InChI is InChI=1S/C15H31N3O3.HI/c1-16-15(18(2)12-14-6-9-21-13-14)17-7-4-5-8-20-11-10-19-3;/h14H,4-13H2,1-3H3,(H,16,17);1H. The lowest BCUT2D eigenvalue weighted by molar-refractivity contribution is 0.0689. The molecule has 0 bridgehead atoms. The van der Waals surface area contributed by atoms with Gasteiger partial charge < -0.3 is 24.4 Å². The first-order valence-electron chi connectivity index (χ1n) is 7.84. The van der Waals surface area contributed by atoms with Gasteiger partial charge in [0.25, 0.3) is 0 Å². The van der Waals surface area contributed by atoms with E-state index in [1.54, 1.807) is 7.11 Å². The molecule has 1 rings (SSSR count). The zero-order valence-electron chi connectivity index (χ0n) is 14.2. The molecule has 0 radical (unpaired) electrons. The Labute approximate surface area is 152 Å². The molecule has 0 spiro atoms. The predicted octanol–water partition coefficient (Wildman–Crippen LogP) is 1.59. The monoisotopic (exact) mass is 429 g/mol. The maximum Gasteiger partial charge on any atom is 0.193 e. The van der Waals surface area contributed by atoms with Gasteiger partial charge in [0, 0.05) is 53.4 Å². The fourth-order valence-electron chi connectivity index (χ4n) is 2.36. The highest BCUT2D eigenvalue weighted by Crippen LogP contribution is 2.13. The van der Waals surface area contributed by atoms with Crippen LogP contribution in [0.1, 0.15) is 19.3 Å². The number of unbranched alkanes of at least 4 members (excludes halogenated alkanes) is 1.